The molecule has 1 aliphatic rings. The maximum atomic E-state index is 13.9. The van der Waals surface area contributed by atoms with Gasteiger partial charge in [0.2, 0.25) is 5.95 Å². The zero-order valence-corrected chi connectivity index (χ0v) is 10.9. The Morgan fingerprint density at radius 3 is 2.45 bits per heavy atom. The molecule has 5 heteroatoms. The van der Waals surface area contributed by atoms with Crippen molar-refractivity contribution in [3.63, 3.8) is 0 Å². The van der Waals surface area contributed by atoms with Crippen LogP contribution in [0, 0.1) is 11.8 Å². The lowest BCUT2D eigenvalue weighted by Crippen LogP contribution is -2.21. The molecule has 1 aromatic carbocycles. The Kier molecular flexibility index (Phi) is 3.26. The molecule has 0 amide bonds. The van der Waals surface area contributed by atoms with Gasteiger partial charge in [0.25, 0.3) is 0 Å². The molecule has 1 saturated heterocycles. The number of anilines is 2. The van der Waals surface area contributed by atoms with Crippen molar-refractivity contribution in [2.24, 2.45) is 0 Å². The van der Waals surface area contributed by atoms with Crippen LogP contribution in [0.2, 0.25) is 0 Å². The molecule has 2 heterocycles. The van der Waals surface area contributed by atoms with Gasteiger partial charge in [0, 0.05) is 30.3 Å². The first kappa shape index (κ1) is 12.8. The van der Waals surface area contributed by atoms with Gasteiger partial charge in [0.1, 0.15) is 5.82 Å². The lowest BCUT2D eigenvalue weighted by Gasteiger charge is -2.20. The molecule has 104 valence electrons. The number of benzene rings is 1. The molecule has 0 radical (unpaired) electrons. The van der Waals surface area contributed by atoms with Crippen LogP contribution < -0.4 is 10.6 Å². The van der Waals surface area contributed by atoms with Crippen molar-refractivity contribution < 1.29 is 8.78 Å². The molecule has 3 nitrogen and oxygen atoms in total. The van der Waals surface area contributed by atoms with E-state index in [9.17, 15) is 8.78 Å². The number of nitrogen functional groups attached to an aromatic ring is 1. The standard InChI is InChI=1S/C15H15F2N3/c16-12-6-2-1-5-10(12)11-9-13(17)19-15(14(11)18)20-7-3-4-8-20/h1-2,5-6,9H,3-4,7-8,18H2. The number of pyridine rings is 1. The Morgan fingerprint density at radius 2 is 1.75 bits per heavy atom. The van der Waals surface area contributed by atoms with Gasteiger partial charge in [-0.15, -0.1) is 0 Å². The molecule has 3 rings (SSSR count). The molecule has 0 aliphatic carbocycles. The summed E-state index contributed by atoms with van der Waals surface area (Å²) in [5.41, 5.74) is 7.08. The molecule has 2 aromatic rings. The summed E-state index contributed by atoms with van der Waals surface area (Å²) < 4.78 is 27.6. The number of halogens is 2. The van der Waals surface area contributed by atoms with E-state index in [4.69, 9.17) is 5.73 Å². The minimum Gasteiger partial charge on any atom is -0.395 e. The van der Waals surface area contributed by atoms with E-state index in [0.29, 0.717) is 22.6 Å². The quantitative estimate of drug-likeness (QED) is 0.856. The summed E-state index contributed by atoms with van der Waals surface area (Å²) in [5.74, 6) is -0.641. The van der Waals surface area contributed by atoms with E-state index in [1.165, 1.54) is 12.1 Å². The SMILES string of the molecule is Nc1c(-c2ccccc2F)cc(F)nc1N1CCCC1. The summed E-state index contributed by atoms with van der Waals surface area (Å²) in [5, 5.41) is 0. The van der Waals surface area contributed by atoms with Crippen molar-refractivity contribution >= 4 is 11.5 Å². The Balaban J connectivity index is 2.14. The molecule has 0 atom stereocenters. The molecule has 20 heavy (non-hydrogen) atoms. The maximum Gasteiger partial charge on any atom is 0.215 e. The number of nitrogens with two attached hydrogens (primary N) is 1. The summed E-state index contributed by atoms with van der Waals surface area (Å²) >= 11 is 0. The normalized spacial score (nSPS) is 14.8. The Labute approximate surface area is 116 Å². The predicted molar refractivity (Wildman–Crippen MR) is 75.4 cm³/mol. The summed E-state index contributed by atoms with van der Waals surface area (Å²) in [6.45, 7) is 1.61. The molecular formula is C15H15F2N3. The molecule has 0 unspecified atom stereocenters. The topological polar surface area (TPSA) is 42.1 Å². The third-order valence-corrected chi connectivity index (χ3v) is 3.58. The third-order valence-electron chi connectivity index (χ3n) is 3.58. The highest BCUT2D eigenvalue weighted by Gasteiger charge is 2.21. The number of rotatable bonds is 2. The molecule has 0 spiro atoms. The smallest absolute Gasteiger partial charge is 0.215 e. The second kappa shape index (κ2) is 5.07. The van der Waals surface area contributed by atoms with Gasteiger partial charge in [0.15, 0.2) is 5.82 Å². The molecule has 0 saturated carbocycles. The van der Waals surface area contributed by atoms with Gasteiger partial charge in [-0.25, -0.2) is 9.37 Å². The van der Waals surface area contributed by atoms with Crippen molar-refractivity contribution in [3.05, 3.63) is 42.1 Å². The molecule has 1 aliphatic heterocycles. The van der Waals surface area contributed by atoms with Gasteiger partial charge in [-0.05, 0) is 18.9 Å². The van der Waals surface area contributed by atoms with Crippen LogP contribution in [0.3, 0.4) is 0 Å². The van der Waals surface area contributed by atoms with Crippen LogP contribution in [0.5, 0.6) is 0 Å². The van der Waals surface area contributed by atoms with Crippen molar-refractivity contribution in [1.29, 1.82) is 0 Å². The largest absolute Gasteiger partial charge is 0.395 e. The highest BCUT2D eigenvalue weighted by molar-refractivity contribution is 5.84. The lowest BCUT2D eigenvalue weighted by atomic mass is 10.0. The maximum absolute atomic E-state index is 13.9. The summed E-state index contributed by atoms with van der Waals surface area (Å²) in [6, 6.07) is 7.41. The molecule has 1 aromatic heterocycles. The minimum atomic E-state index is -0.639. The minimum absolute atomic E-state index is 0.298. The van der Waals surface area contributed by atoms with Crippen LogP contribution in [0.25, 0.3) is 11.1 Å². The van der Waals surface area contributed by atoms with Gasteiger partial charge < -0.3 is 10.6 Å². The van der Waals surface area contributed by atoms with E-state index >= 15 is 0 Å². The highest BCUT2D eigenvalue weighted by atomic mass is 19.1. The first-order chi connectivity index (χ1) is 9.66. The van der Waals surface area contributed by atoms with Crippen LogP contribution in [-0.4, -0.2) is 18.1 Å². The van der Waals surface area contributed by atoms with E-state index < -0.39 is 11.8 Å². The number of nitrogens with zero attached hydrogens (tertiary/aromatic N) is 2. The molecule has 1 fully saturated rings. The summed E-state index contributed by atoms with van der Waals surface area (Å²) in [6.07, 6.45) is 2.07. The number of aromatic nitrogens is 1. The van der Waals surface area contributed by atoms with Crippen LogP contribution in [0.1, 0.15) is 12.8 Å². The Morgan fingerprint density at radius 1 is 1.05 bits per heavy atom. The third kappa shape index (κ3) is 2.19. The van der Waals surface area contributed by atoms with E-state index in [2.05, 4.69) is 4.98 Å². The Bertz CT molecular complexity index is 637. The number of hydrogen-bond donors (Lipinski definition) is 1. The van der Waals surface area contributed by atoms with Crippen molar-refractivity contribution in [2.75, 3.05) is 23.7 Å². The van der Waals surface area contributed by atoms with E-state index in [-0.39, 0.29) is 0 Å². The second-order valence-corrected chi connectivity index (χ2v) is 4.90. The highest BCUT2D eigenvalue weighted by Crippen LogP contribution is 2.35. The van der Waals surface area contributed by atoms with Gasteiger partial charge >= 0.3 is 0 Å². The van der Waals surface area contributed by atoms with Gasteiger partial charge in [-0.1, -0.05) is 18.2 Å². The van der Waals surface area contributed by atoms with Crippen LogP contribution in [0.15, 0.2) is 30.3 Å². The average molecular weight is 275 g/mol. The fraction of sp³-hybridized carbons (Fsp3) is 0.267. The lowest BCUT2D eigenvalue weighted by molar-refractivity contribution is 0.583. The van der Waals surface area contributed by atoms with Crippen molar-refractivity contribution in [3.8, 4) is 11.1 Å². The first-order valence-electron chi connectivity index (χ1n) is 6.62. The fourth-order valence-corrected chi connectivity index (χ4v) is 2.58. The van der Waals surface area contributed by atoms with Crippen molar-refractivity contribution in [1.82, 2.24) is 4.98 Å². The molecule has 0 bridgehead atoms. The summed E-state index contributed by atoms with van der Waals surface area (Å²) in [4.78, 5) is 5.83. The van der Waals surface area contributed by atoms with Crippen molar-refractivity contribution in [2.45, 2.75) is 12.8 Å². The predicted octanol–water partition coefficient (Wildman–Crippen LogP) is 3.21. The van der Waals surface area contributed by atoms with Crippen LogP contribution in [0.4, 0.5) is 20.3 Å². The van der Waals surface area contributed by atoms with E-state index in [0.717, 1.165) is 25.9 Å². The average Bonchev–Trinajstić information content (AvgIpc) is 2.96. The summed E-state index contributed by atoms with van der Waals surface area (Å²) in [7, 11) is 0. The van der Waals surface area contributed by atoms with Crippen LogP contribution in [-0.2, 0) is 0 Å². The van der Waals surface area contributed by atoms with Crippen LogP contribution >= 0.6 is 0 Å². The second-order valence-electron chi connectivity index (χ2n) is 4.90. The number of hydrogen-bond acceptors (Lipinski definition) is 3. The molecule has 2 N–H and O–H groups in total. The van der Waals surface area contributed by atoms with Gasteiger partial charge in [0.05, 0.1) is 5.69 Å². The monoisotopic (exact) mass is 275 g/mol. The molecular weight excluding hydrogens is 260 g/mol. The van der Waals surface area contributed by atoms with E-state index in [1.807, 2.05) is 4.90 Å². The fourth-order valence-electron chi connectivity index (χ4n) is 2.58. The van der Waals surface area contributed by atoms with Gasteiger partial charge in [-0.2, -0.15) is 4.39 Å². The zero-order chi connectivity index (χ0) is 14.1. The van der Waals surface area contributed by atoms with E-state index in [1.54, 1.807) is 18.2 Å². The van der Waals surface area contributed by atoms with Gasteiger partial charge in [-0.3, -0.25) is 0 Å². The zero-order valence-electron chi connectivity index (χ0n) is 10.9. The first-order valence-corrected chi connectivity index (χ1v) is 6.62. The Hall–Kier alpha value is -2.17.